The van der Waals surface area contributed by atoms with Gasteiger partial charge in [-0.2, -0.15) is 0 Å². The molecule has 3 fully saturated rings. The first-order chi connectivity index (χ1) is 14.3. The van der Waals surface area contributed by atoms with Crippen LogP contribution in [0.5, 0.6) is 0 Å². The van der Waals surface area contributed by atoms with Crippen LogP contribution in [-0.4, -0.2) is 12.7 Å². The highest BCUT2D eigenvalue weighted by Crippen LogP contribution is 2.44. The normalized spacial score (nSPS) is 32.9. The summed E-state index contributed by atoms with van der Waals surface area (Å²) in [6.45, 7) is 5.62. The van der Waals surface area contributed by atoms with Crippen molar-refractivity contribution in [3.63, 3.8) is 0 Å². The Morgan fingerprint density at radius 3 is 1.97 bits per heavy atom. The van der Waals surface area contributed by atoms with Gasteiger partial charge < -0.3 is 4.74 Å². The summed E-state index contributed by atoms with van der Waals surface area (Å²) in [5.74, 6) is 5.25. The molecule has 1 heteroatoms. The molecular weight excluding hydrogens is 352 g/mol. The van der Waals surface area contributed by atoms with E-state index < -0.39 is 0 Å². The zero-order chi connectivity index (χ0) is 20.3. The molecule has 0 bridgehead atoms. The van der Waals surface area contributed by atoms with Gasteiger partial charge >= 0.3 is 0 Å². The zero-order valence-corrected chi connectivity index (χ0v) is 20.0. The molecule has 3 saturated carbocycles. The Kier molecular flexibility index (Phi) is 10.9. The van der Waals surface area contributed by atoms with Crippen molar-refractivity contribution in [3.05, 3.63) is 0 Å². The molecule has 1 atom stereocenters. The maximum atomic E-state index is 6.02. The van der Waals surface area contributed by atoms with Crippen molar-refractivity contribution in [2.24, 2.45) is 29.6 Å². The maximum Gasteiger partial charge on any atom is 0.0575 e. The molecule has 170 valence electrons. The van der Waals surface area contributed by atoms with Crippen LogP contribution >= 0.6 is 0 Å². The zero-order valence-electron chi connectivity index (χ0n) is 20.0. The Bertz CT molecular complexity index is 397. The van der Waals surface area contributed by atoms with Crippen LogP contribution in [0, 0.1) is 29.6 Å². The Labute approximate surface area is 183 Å². The van der Waals surface area contributed by atoms with Crippen molar-refractivity contribution in [3.8, 4) is 0 Å². The average Bonchev–Trinajstić information content (AvgIpc) is 2.78. The first-order valence-corrected chi connectivity index (χ1v) is 13.9. The van der Waals surface area contributed by atoms with Crippen molar-refractivity contribution in [1.29, 1.82) is 0 Å². The quantitative estimate of drug-likeness (QED) is 0.334. The summed E-state index contributed by atoms with van der Waals surface area (Å²) in [5, 5.41) is 0. The molecule has 0 heterocycles. The molecular formula is C28H52O. The van der Waals surface area contributed by atoms with E-state index in [9.17, 15) is 0 Å². The Morgan fingerprint density at radius 1 is 0.690 bits per heavy atom. The lowest BCUT2D eigenvalue weighted by Crippen LogP contribution is -2.30. The Morgan fingerprint density at radius 2 is 1.34 bits per heavy atom. The second kappa shape index (κ2) is 13.4. The first kappa shape index (κ1) is 23.6. The predicted molar refractivity (Wildman–Crippen MR) is 126 cm³/mol. The van der Waals surface area contributed by atoms with Gasteiger partial charge in [-0.15, -0.1) is 0 Å². The third-order valence-electron chi connectivity index (χ3n) is 9.00. The largest absolute Gasteiger partial charge is 0.378 e. The van der Waals surface area contributed by atoms with E-state index in [1.54, 1.807) is 38.5 Å². The van der Waals surface area contributed by atoms with Gasteiger partial charge in [0.05, 0.1) is 6.10 Å². The molecule has 3 rings (SSSR count). The minimum Gasteiger partial charge on any atom is -0.378 e. The Balaban J connectivity index is 1.35. The molecule has 1 nitrogen and oxygen atoms in total. The summed E-state index contributed by atoms with van der Waals surface area (Å²) in [7, 11) is 0. The van der Waals surface area contributed by atoms with Crippen LogP contribution in [0.1, 0.15) is 136 Å². The molecule has 3 aliphatic rings. The van der Waals surface area contributed by atoms with Crippen LogP contribution in [0.3, 0.4) is 0 Å². The van der Waals surface area contributed by atoms with E-state index in [1.165, 1.54) is 83.5 Å². The van der Waals surface area contributed by atoms with Crippen LogP contribution in [0.2, 0.25) is 0 Å². The van der Waals surface area contributed by atoms with Gasteiger partial charge in [0, 0.05) is 6.61 Å². The summed E-state index contributed by atoms with van der Waals surface area (Å²) >= 11 is 0. The minimum atomic E-state index is 0.584. The van der Waals surface area contributed by atoms with Crippen molar-refractivity contribution in [1.82, 2.24) is 0 Å². The Hall–Kier alpha value is -0.0400. The van der Waals surface area contributed by atoms with Crippen LogP contribution in [0.4, 0.5) is 0 Å². The summed E-state index contributed by atoms with van der Waals surface area (Å²) in [6, 6.07) is 0. The molecule has 0 N–H and O–H groups in total. The van der Waals surface area contributed by atoms with Crippen molar-refractivity contribution >= 4 is 0 Å². The van der Waals surface area contributed by atoms with E-state index in [1.807, 2.05) is 0 Å². The van der Waals surface area contributed by atoms with Crippen LogP contribution in [-0.2, 0) is 4.74 Å². The second-order valence-corrected chi connectivity index (χ2v) is 11.1. The summed E-state index contributed by atoms with van der Waals surface area (Å²) in [6.07, 6.45) is 28.6. The highest BCUT2D eigenvalue weighted by Gasteiger charge is 2.33. The molecule has 0 saturated heterocycles. The van der Waals surface area contributed by atoms with Crippen molar-refractivity contribution in [2.45, 2.75) is 142 Å². The van der Waals surface area contributed by atoms with Crippen LogP contribution < -0.4 is 0 Å². The second-order valence-electron chi connectivity index (χ2n) is 11.1. The van der Waals surface area contributed by atoms with E-state index in [2.05, 4.69) is 13.8 Å². The first-order valence-electron chi connectivity index (χ1n) is 13.9. The SMILES string of the molecule is CCCOC1CCC(C2CCC(C(CCC)CCCC3CCCCC3)CC2)CC1. The fourth-order valence-corrected chi connectivity index (χ4v) is 7.23. The number of hydrogen-bond donors (Lipinski definition) is 0. The van der Waals surface area contributed by atoms with Gasteiger partial charge in [-0.3, -0.25) is 0 Å². The molecule has 29 heavy (non-hydrogen) atoms. The predicted octanol–water partition coefficient (Wildman–Crippen LogP) is 8.95. The molecule has 0 aromatic rings. The van der Waals surface area contributed by atoms with Crippen molar-refractivity contribution < 1.29 is 4.74 Å². The van der Waals surface area contributed by atoms with Gasteiger partial charge in [-0.05, 0) is 87.4 Å². The molecule has 0 aromatic heterocycles. The topological polar surface area (TPSA) is 9.23 Å². The van der Waals surface area contributed by atoms with E-state index in [4.69, 9.17) is 4.74 Å². The summed E-state index contributed by atoms with van der Waals surface area (Å²) < 4.78 is 6.02. The number of ether oxygens (including phenoxy) is 1. The van der Waals surface area contributed by atoms with E-state index >= 15 is 0 Å². The van der Waals surface area contributed by atoms with Crippen LogP contribution in [0.15, 0.2) is 0 Å². The third kappa shape index (κ3) is 7.86. The smallest absolute Gasteiger partial charge is 0.0575 e. The molecule has 0 aliphatic heterocycles. The van der Waals surface area contributed by atoms with E-state index in [0.717, 1.165) is 36.2 Å². The third-order valence-corrected chi connectivity index (χ3v) is 9.00. The van der Waals surface area contributed by atoms with Crippen LogP contribution in [0.25, 0.3) is 0 Å². The van der Waals surface area contributed by atoms with Gasteiger partial charge in [0.2, 0.25) is 0 Å². The van der Waals surface area contributed by atoms with Gasteiger partial charge in [-0.1, -0.05) is 78.1 Å². The van der Waals surface area contributed by atoms with Gasteiger partial charge in [0.1, 0.15) is 0 Å². The van der Waals surface area contributed by atoms with Gasteiger partial charge in [-0.25, -0.2) is 0 Å². The monoisotopic (exact) mass is 404 g/mol. The molecule has 0 radical (unpaired) electrons. The van der Waals surface area contributed by atoms with E-state index in [-0.39, 0.29) is 0 Å². The van der Waals surface area contributed by atoms with Crippen molar-refractivity contribution in [2.75, 3.05) is 6.61 Å². The molecule has 0 spiro atoms. The summed E-state index contributed by atoms with van der Waals surface area (Å²) in [4.78, 5) is 0. The lowest BCUT2D eigenvalue weighted by atomic mass is 9.67. The summed E-state index contributed by atoms with van der Waals surface area (Å²) in [5.41, 5.74) is 0. The molecule has 3 aliphatic carbocycles. The fraction of sp³-hybridized carbons (Fsp3) is 1.00. The molecule has 1 unspecified atom stereocenters. The highest BCUT2D eigenvalue weighted by atomic mass is 16.5. The maximum absolute atomic E-state index is 6.02. The number of hydrogen-bond acceptors (Lipinski definition) is 1. The fourth-order valence-electron chi connectivity index (χ4n) is 7.23. The highest BCUT2D eigenvalue weighted by molar-refractivity contribution is 4.84. The molecule has 0 aromatic carbocycles. The van der Waals surface area contributed by atoms with E-state index in [0.29, 0.717) is 6.10 Å². The lowest BCUT2D eigenvalue weighted by molar-refractivity contribution is 0.00613. The lowest BCUT2D eigenvalue weighted by Gasteiger charge is -2.40. The minimum absolute atomic E-state index is 0.584. The number of rotatable bonds is 11. The van der Waals surface area contributed by atoms with Gasteiger partial charge in [0.25, 0.3) is 0 Å². The van der Waals surface area contributed by atoms with Gasteiger partial charge in [0.15, 0.2) is 0 Å². The average molecular weight is 405 g/mol. The standard InChI is InChI=1S/C28H52O/c1-3-9-24(13-8-12-23-10-6-5-7-11-23)25-14-16-26(17-15-25)27-18-20-28(21-19-27)29-22-4-2/h23-28H,3-22H2,1-2H3. The molecule has 0 amide bonds.